The van der Waals surface area contributed by atoms with Crippen molar-refractivity contribution in [3.63, 3.8) is 0 Å². The number of anilines is 1. The molecule has 166 valence electrons. The summed E-state index contributed by atoms with van der Waals surface area (Å²) < 4.78 is 34.1. The standard InChI is InChI=1S/C21H20ClN5O4S/c1-15-19(14-23)20(27(24-15)17-6-4-3-5-7-17)26(12-13-31-2)21(28)25-32(29,30)18-10-8-16(22)9-11-18/h3-11H,12-13H2,1-2H3,(H,25,28). The molecule has 32 heavy (non-hydrogen) atoms. The maximum absolute atomic E-state index is 13.2. The van der Waals surface area contributed by atoms with Crippen LogP contribution in [0.4, 0.5) is 10.6 Å². The molecule has 0 spiro atoms. The summed E-state index contributed by atoms with van der Waals surface area (Å²) in [5.41, 5.74) is 1.13. The van der Waals surface area contributed by atoms with E-state index in [4.69, 9.17) is 16.3 Å². The monoisotopic (exact) mass is 473 g/mol. The number of ether oxygens (including phenoxy) is 1. The van der Waals surface area contributed by atoms with Crippen LogP contribution in [0.3, 0.4) is 0 Å². The molecule has 0 fully saturated rings. The van der Waals surface area contributed by atoms with Gasteiger partial charge in [0.1, 0.15) is 11.6 Å². The lowest BCUT2D eigenvalue weighted by molar-refractivity contribution is 0.203. The van der Waals surface area contributed by atoms with Gasteiger partial charge in [0.15, 0.2) is 5.82 Å². The Balaban J connectivity index is 2.06. The van der Waals surface area contributed by atoms with Crippen molar-refractivity contribution in [2.24, 2.45) is 0 Å². The maximum atomic E-state index is 13.2. The van der Waals surface area contributed by atoms with Gasteiger partial charge in [-0.15, -0.1) is 0 Å². The van der Waals surface area contributed by atoms with Crippen molar-refractivity contribution in [3.05, 3.63) is 70.9 Å². The van der Waals surface area contributed by atoms with Crippen molar-refractivity contribution in [2.75, 3.05) is 25.2 Å². The Morgan fingerprint density at radius 3 is 2.47 bits per heavy atom. The lowest BCUT2D eigenvalue weighted by Gasteiger charge is -2.24. The molecule has 0 saturated heterocycles. The van der Waals surface area contributed by atoms with Gasteiger partial charge in [0.05, 0.1) is 29.4 Å². The second-order valence-corrected chi connectivity index (χ2v) is 8.77. The van der Waals surface area contributed by atoms with E-state index in [2.05, 4.69) is 11.2 Å². The third-order valence-corrected chi connectivity index (χ3v) is 6.10. The van der Waals surface area contributed by atoms with Gasteiger partial charge >= 0.3 is 6.03 Å². The number of hydrogen-bond donors (Lipinski definition) is 1. The number of rotatable bonds is 7. The summed E-state index contributed by atoms with van der Waals surface area (Å²) >= 11 is 5.82. The zero-order chi connectivity index (χ0) is 23.3. The summed E-state index contributed by atoms with van der Waals surface area (Å²) in [7, 11) is -2.75. The Labute approximate surface area is 190 Å². The molecule has 0 aliphatic carbocycles. The van der Waals surface area contributed by atoms with E-state index >= 15 is 0 Å². The minimum absolute atomic E-state index is 0.0227. The highest BCUT2D eigenvalue weighted by Crippen LogP contribution is 2.27. The Hall–Kier alpha value is -3.39. The van der Waals surface area contributed by atoms with E-state index < -0.39 is 16.1 Å². The number of nitrogens with zero attached hydrogens (tertiary/aromatic N) is 4. The first-order valence-corrected chi connectivity index (χ1v) is 11.3. The van der Waals surface area contributed by atoms with E-state index in [0.717, 1.165) is 4.90 Å². The van der Waals surface area contributed by atoms with Gasteiger partial charge in [-0.3, -0.25) is 4.90 Å². The number of para-hydroxylation sites is 1. The molecular formula is C21H20ClN5O4S. The number of carbonyl (C=O) groups is 1. The minimum atomic E-state index is -4.20. The molecule has 11 heteroatoms. The first kappa shape index (κ1) is 23.3. The first-order valence-electron chi connectivity index (χ1n) is 9.42. The molecule has 2 aromatic carbocycles. The summed E-state index contributed by atoms with van der Waals surface area (Å²) in [4.78, 5) is 14.2. The van der Waals surface area contributed by atoms with Crippen LogP contribution in [0.2, 0.25) is 5.02 Å². The largest absolute Gasteiger partial charge is 0.383 e. The minimum Gasteiger partial charge on any atom is -0.383 e. The zero-order valence-corrected chi connectivity index (χ0v) is 18.9. The molecule has 1 N–H and O–H groups in total. The Morgan fingerprint density at radius 2 is 1.88 bits per heavy atom. The molecule has 2 amide bonds. The zero-order valence-electron chi connectivity index (χ0n) is 17.3. The van der Waals surface area contributed by atoms with Crippen LogP contribution in [-0.2, 0) is 14.8 Å². The molecule has 3 rings (SSSR count). The molecular weight excluding hydrogens is 454 g/mol. The van der Waals surface area contributed by atoms with E-state index in [-0.39, 0.29) is 29.4 Å². The van der Waals surface area contributed by atoms with E-state index in [1.165, 1.54) is 36.1 Å². The van der Waals surface area contributed by atoms with Crippen LogP contribution in [0.5, 0.6) is 0 Å². The third kappa shape index (κ3) is 4.91. The number of sulfonamides is 1. The Bertz CT molecular complexity index is 1250. The molecule has 0 atom stereocenters. The van der Waals surface area contributed by atoms with Crippen LogP contribution in [-0.4, -0.2) is 44.5 Å². The van der Waals surface area contributed by atoms with Crippen LogP contribution >= 0.6 is 11.6 Å². The van der Waals surface area contributed by atoms with Gasteiger partial charge in [-0.2, -0.15) is 10.4 Å². The van der Waals surface area contributed by atoms with Gasteiger partial charge in [0.2, 0.25) is 0 Å². The maximum Gasteiger partial charge on any atom is 0.337 e. The summed E-state index contributed by atoms with van der Waals surface area (Å²) in [6.07, 6.45) is 0. The number of benzene rings is 2. The van der Waals surface area contributed by atoms with Gasteiger partial charge < -0.3 is 4.74 Å². The van der Waals surface area contributed by atoms with Crippen LogP contribution in [0.1, 0.15) is 11.3 Å². The van der Waals surface area contributed by atoms with Gasteiger partial charge in [-0.25, -0.2) is 22.6 Å². The fraction of sp³-hybridized carbons (Fsp3) is 0.190. The molecule has 1 heterocycles. The number of nitrogens with one attached hydrogen (secondary N) is 1. The number of nitriles is 1. The third-order valence-electron chi connectivity index (χ3n) is 4.51. The van der Waals surface area contributed by atoms with Crippen molar-refractivity contribution < 1.29 is 17.9 Å². The summed E-state index contributed by atoms with van der Waals surface area (Å²) in [6, 6.07) is 15.4. The van der Waals surface area contributed by atoms with Gasteiger partial charge in [0.25, 0.3) is 10.0 Å². The average Bonchev–Trinajstić information content (AvgIpc) is 3.10. The van der Waals surface area contributed by atoms with Crippen molar-refractivity contribution in [3.8, 4) is 11.8 Å². The summed E-state index contributed by atoms with van der Waals surface area (Å²) in [6.45, 7) is 1.71. The van der Waals surface area contributed by atoms with E-state index in [1.54, 1.807) is 31.2 Å². The molecule has 0 saturated carbocycles. The quantitative estimate of drug-likeness (QED) is 0.562. The highest BCUT2D eigenvalue weighted by Gasteiger charge is 2.29. The number of aromatic nitrogens is 2. The number of hydrogen-bond acceptors (Lipinski definition) is 6. The van der Waals surface area contributed by atoms with Crippen molar-refractivity contribution in [2.45, 2.75) is 11.8 Å². The fourth-order valence-corrected chi connectivity index (χ4v) is 4.05. The molecule has 0 aliphatic rings. The molecule has 0 bridgehead atoms. The number of methoxy groups -OCH3 is 1. The summed E-state index contributed by atoms with van der Waals surface area (Å²) in [5, 5.41) is 14.5. The van der Waals surface area contributed by atoms with Gasteiger partial charge in [0, 0.05) is 12.1 Å². The van der Waals surface area contributed by atoms with Crippen molar-refractivity contribution in [1.82, 2.24) is 14.5 Å². The molecule has 0 aliphatic heterocycles. The number of amides is 2. The van der Waals surface area contributed by atoms with Gasteiger partial charge in [-0.05, 0) is 43.3 Å². The van der Waals surface area contributed by atoms with Crippen LogP contribution in [0.25, 0.3) is 5.69 Å². The van der Waals surface area contributed by atoms with Crippen molar-refractivity contribution >= 4 is 33.5 Å². The van der Waals surface area contributed by atoms with Crippen LogP contribution < -0.4 is 9.62 Å². The summed E-state index contributed by atoms with van der Waals surface area (Å²) in [5.74, 6) is 0.136. The van der Waals surface area contributed by atoms with E-state index in [1.807, 2.05) is 10.8 Å². The Kier molecular flexibility index (Phi) is 7.15. The molecule has 3 aromatic rings. The molecule has 9 nitrogen and oxygen atoms in total. The predicted octanol–water partition coefficient (Wildman–Crippen LogP) is 3.26. The number of urea groups is 1. The highest BCUT2D eigenvalue weighted by atomic mass is 35.5. The number of aryl methyl sites for hydroxylation is 1. The highest BCUT2D eigenvalue weighted by molar-refractivity contribution is 7.90. The van der Waals surface area contributed by atoms with Gasteiger partial charge in [-0.1, -0.05) is 29.8 Å². The average molecular weight is 474 g/mol. The number of carbonyl (C=O) groups excluding carboxylic acids is 1. The van der Waals surface area contributed by atoms with Crippen LogP contribution in [0, 0.1) is 18.3 Å². The molecule has 0 radical (unpaired) electrons. The predicted molar refractivity (Wildman–Crippen MR) is 119 cm³/mol. The molecule has 0 unspecified atom stereocenters. The first-order chi connectivity index (χ1) is 15.3. The lowest BCUT2D eigenvalue weighted by Crippen LogP contribution is -2.45. The number of halogens is 1. The molecule has 1 aromatic heterocycles. The van der Waals surface area contributed by atoms with Crippen LogP contribution in [0.15, 0.2) is 59.5 Å². The SMILES string of the molecule is COCCN(C(=O)NS(=O)(=O)c1ccc(Cl)cc1)c1c(C#N)c(C)nn1-c1ccccc1. The van der Waals surface area contributed by atoms with E-state index in [9.17, 15) is 18.5 Å². The van der Waals surface area contributed by atoms with Crippen molar-refractivity contribution in [1.29, 1.82) is 5.26 Å². The second-order valence-electron chi connectivity index (χ2n) is 6.65. The lowest BCUT2D eigenvalue weighted by atomic mass is 10.2. The fourth-order valence-electron chi connectivity index (χ4n) is 2.97. The van der Waals surface area contributed by atoms with E-state index in [0.29, 0.717) is 16.4 Å². The second kappa shape index (κ2) is 9.82. The normalized spacial score (nSPS) is 11.1. The smallest absolute Gasteiger partial charge is 0.337 e. The Morgan fingerprint density at radius 1 is 1.22 bits per heavy atom. The topological polar surface area (TPSA) is 117 Å².